The highest BCUT2D eigenvalue weighted by atomic mass is 32.2. The van der Waals surface area contributed by atoms with Gasteiger partial charge in [0, 0.05) is 12.8 Å². The van der Waals surface area contributed by atoms with Crippen molar-refractivity contribution in [1.82, 2.24) is 10.2 Å². The molecular weight excluding hydrogens is 260 g/mol. The lowest BCUT2D eigenvalue weighted by Gasteiger charge is -2.23. The van der Waals surface area contributed by atoms with Gasteiger partial charge in [-0.15, -0.1) is 0 Å². The molecule has 0 radical (unpaired) electrons. The van der Waals surface area contributed by atoms with E-state index >= 15 is 0 Å². The van der Waals surface area contributed by atoms with Crippen molar-refractivity contribution in [1.29, 1.82) is 0 Å². The van der Waals surface area contributed by atoms with Gasteiger partial charge in [0.15, 0.2) is 0 Å². The van der Waals surface area contributed by atoms with Gasteiger partial charge in [0.2, 0.25) is 5.91 Å². The second-order valence-corrected chi connectivity index (χ2v) is 7.10. The van der Waals surface area contributed by atoms with Gasteiger partial charge in [-0.25, -0.2) is 8.42 Å². The van der Waals surface area contributed by atoms with E-state index in [0.29, 0.717) is 0 Å². The molecule has 1 fully saturated rings. The highest BCUT2D eigenvalue weighted by Crippen LogP contribution is 2.23. The van der Waals surface area contributed by atoms with Crippen molar-refractivity contribution in [3.8, 4) is 0 Å². The normalized spacial score (nSPS) is 21.1. The maximum Gasteiger partial charge on any atom is 0.238 e. The average molecular weight is 274 g/mol. The molecule has 0 bridgehead atoms. The Balaban J connectivity index is 2.10. The molecule has 1 N–H and O–H groups in total. The lowest BCUT2D eigenvalue weighted by molar-refractivity contribution is -0.127. The van der Waals surface area contributed by atoms with Gasteiger partial charge in [-0.3, -0.25) is 10.1 Å². The van der Waals surface area contributed by atoms with Crippen LogP contribution < -0.4 is 5.32 Å². The Kier molecular flexibility index (Phi) is 3.50. The molecule has 0 aromatic carbocycles. The van der Waals surface area contributed by atoms with Crippen molar-refractivity contribution >= 4 is 27.1 Å². The van der Waals surface area contributed by atoms with Crippen molar-refractivity contribution in [2.24, 2.45) is 0 Å². The maximum atomic E-state index is 11.7. The zero-order valence-corrected chi connectivity index (χ0v) is 11.1. The number of nitrogens with zero attached hydrogens (tertiary/aromatic N) is 1. The number of sulfone groups is 1. The molecule has 1 unspecified atom stereocenters. The molecule has 2 rings (SSSR count). The van der Waals surface area contributed by atoms with E-state index in [2.05, 4.69) is 5.32 Å². The largest absolute Gasteiger partial charge is 0.321 e. The van der Waals surface area contributed by atoms with Gasteiger partial charge in [-0.05, 0) is 22.4 Å². The number of nitrogens with one attached hydrogen (secondary N) is 1. The van der Waals surface area contributed by atoms with E-state index in [0.717, 1.165) is 5.56 Å². The molecule has 1 aliphatic heterocycles. The molecule has 1 atom stereocenters. The SMILES string of the molecule is CS(=O)(=O)CCN1C(=O)CNC1c1ccsc1. The first-order valence-electron chi connectivity index (χ1n) is 5.20. The number of rotatable bonds is 4. The lowest BCUT2D eigenvalue weighted by Crippen LogP contribution is -2.34. The van der Waals surface area contributed by atoms with E-state index in [4.69, 9.17) is 0 Å². The summed E-state index contributed by atoms with van der Waals surface area (Å²) in [5.41, 5.74) is 1.01. The fraction of sp³-hybridized carbons (Fsp3) is 0.500. The molecule has 0 aliphatic carbocycles. The third kappa shape index (κ3) is 3.05. The van der Waals surface area contributed by atoms with E-state index in [1.807, 2.05) is 16.8 Å². The first kappa shape index (κ1) is 12.5. The van der Waals surface area contributed by atoms with Gasteiger partial charge in [0.05, 0.1) is 12.3 Å². The van der Waals surface area contributed by atoms with Crippen molar-refractivity contribution in [3.05, 3.63) is 22.4 Å². The lowest BCUT2D eigenvalue weighted by atomic mass is 10.2. The van der Waals surface area contributed by atoms with Crippen molar-refractivity contribution in [2.45, 2.75) is 6.17 Å². The second-order valence-electron chi connectivity index (χ2n) is 4.06. The predicted octanol–water partition coefficient (Wildman–Crippen LogP) is 0.223. The fourth-order valence-corrected chi connectivity index (χ4v) is 2.99. The van der Waals surface area contributed by atoms with Gasteiger partial charge in [-0.1, -0.05) is 0 Å². The zero-order chi connectivity index (χ0) is 12.5. The molecule has 2 heterocycles. The van der Waals surface area contributed by atoms with E-state index < -0.39 is 9.84 Å². The average Bonchev–Trinajstić information content (AvgIpc) is 2.82. The highest BCUT2D eigenvalue weighted by molar-refractivity contribution is 7.90. The Bertz CT molecular complexity index is 496. The molecular formula is C10H14N2O3S2. The summed E-state index contributed by atoms with van der Waals surface area (Å²) in [6, 6.07) is 1.94. The van der Waals surface area contributed by atoms with Crippen molar-refractivity contribution in [3.63, 3.8) is 0 Å². The first-order valence-corrected chi connectivity index (χ1v) is 8.20. The van der Waals surface area contributed by atoms with Crippen molar-refractivity contribution in [2.75, 3.05) is 25.1 Å². The summed E-state index contributed by atoms with van der Waals surface area (Å²) in [6.45, 7) is 0.509. The maximum absolute atomic E-state index is 11.7. The molecule has 1 aliphatic rings. The third-order valence-electron chi connectivity index (χ3n) is 2.64. The molecule has 1 aromatic rings. The standard InChI is InChI=1S/C10H14N2O3S2/c1-17(14,15)5-3-12-9(13)6-11-10(12)8-2-4-16-7-8/h2,4,7,10-11H,3,5-6H2,1H3. The Morgan fingerprint density at radius 2 is 2.35 bits per heavy atom. The summed E-state index contributed by atoms with van der Waals surface area (Å²) in [4.78, 5) is 13.3. The van der Waals surface area contributed by atoms with Crippen LogP contribution in [-0.4, -0.2) is 44.3 Å². The van der Waals surface area contributed by atoms with Gasteiger partial charge >= 0.3 is 0 Å². The van der Waals surface area contributed by atoms with Crippen LogP contribution in [0.2, 0.25) is 0 Å². The van der Waals surface area contributed by atoms with Crippen LogP contribution in [0.4, 0.5) is 0 Å². The van der Waals surface area contributed by atoms with Gasteiger partial charge < -0.3 is 4.90 Å². The van der Waals surface area contributed by atoms with Crippen LogP contribution in [0.5, 0.6) is 0 Å². The second kappa shape index (κ2) is 4.75. The molecule has 5 nitrogen and oxygen atoms in total. The summed E-state index contributed by atoms with van der Waals surface area (Å²) in [6.07, 6.45) is 0.996. The minimum absolute atomic E-state index is 0.00105. The van der Waals surface area contributed by atoms with Crippen LogP contribution in [0, 0.1) is 0 Å². The smallest absolute Gasteiger partial charge is 0.238 e. The predicted molar refractivity (Wildman–Crippen MR) is 66.5 cm³/mol. The van der Waals surface area contributed by atoms with E-state index in [1.54, 1.807) is 16.2 Å². The zero-order valence-electron chi connectivity index (χ0n) is 9.42. The summed E-state index contributed by atoms with van der Waals surface area (Å²) in [7, 11) is -3.05. The first-order chi connectivity index (χ1) is 7.97. The molecule has 94 valence electrons. The van der Waals surface area contributed by atoms with E-state index in [1.165, 1.54) is 6.26 Å². The topological polar surface area (TPSA) is 66.5 Å². The molecule has 7 heteroatoms. The van der Waals surface area contributed by atoms with Crippen molar-refractivity contribution < 1.29 is 13.2 Å². The molecule has 1 aromatic heterocycles. The Hall–Kier alpha value is -0.920. The number of amides is 1. The Morgan fingerprint density at radius 3 is 2.94 bits per heavy atom. The van der Waals surface area contributed by atoms with Crippen LogP contribution >= 0.6 is 11.3 Å². The number of carbonyl (C=O) groups is 1. The molecule has 0 saturated carbocycles. The van der Waals surface area contributed by atoms with E-state index in [-0.39, 0.29) is 30.9 Å². The van der Waals surface area contributed by atoms with E-state index in [9.17, 15) is 13.2 Å². The fourth-order valence-electron chi connectivity index (χ4n) is 1.79. The number of thiophene rings is 1. The molecule has 1 amide bonds. The van der Waals surface area contributed by atoms with Crippen LogP contribution in [0.25, 0.3) is 0 Å². The van der Waals surface area contributed by atoms with Crippen LogP contribution in [0.15, 0.2) is 16.8 Å². The summed E-state index contributed by atoms with van der Waals surface area (Å²) < 4.78 is 22.3. The minimum Gasteiger partial charge on any atom is -0.321 e. The van der Waals surface area contributed by atoms with Crippen LogP contribution in [0.1, 0.15) is 11.7 Å². The summed E-state index contributed by atoms with van der Waals surface area (Å²) >= 11 is 1.56. The number of hydrogen-bond donors (Lipinski definition) is 1. The monoisotopic (exact) mass is 274 g/mol. The van der Waals surface area contributed by atoms with Gasteiger partial charge in [0.1, 0.15) is 16.0 Å². The summed E-state index contributed by atoms with van der Waals surface area (Å²) in [5.74, 6) is -0.0500. The third-order valence-corrected chi connectivity index (χ3v) is 4.27. The summed E-state index contributed by atoms with van der Waals surface area (Å²) in [5, 5.41) is 6.98. The quantitative estimate of drug-likeness (QED) is 0.853. The molecule has 0 spiro atoms. The molecule has 17 heavy (non-hydrogen) atoms. The van der Waals surface area contributed by atoms with Crippen LogP contribution in [0.3, 0.4) is 0 Å². The number of hydrogen-bond acceptors (Lipinski definition) is 5. The highest BCUT2D eigenvalue weighted by Gasteiger charge is 2.31. The minimum atomic E-state index is -3.05. The van der Waals surface area contributed by atoms with Gasteiger partial charge in [0.25, 0.3) is 0 Å². The molecule has 1 saturated heterocycles. The van der Waals surface area contributed by atoms with Crippen LogP contribution in [-0.2, 0) is 14.6 Å². The Morgan fingerprint density at radius 1 is 1.59 bits per heavy atom. The Labute approximate surface area is 104 Å². The number of carbonyl (C=O) groups excluding carboxylic acids is 1. The van der Waals surface area contributed by atoms with Gasteiger partial charge in [-0.2, -0.15) is 11.3 Å².